The van der Waals surface area contributed by atoms with Gasteiger partial charge in [0.05, 0.1) is 35.6 Å². The standard InChI is InChI=1S/C43H56ClN3O9S/c1-2-29-23-43(29,42(52)45-57(53,54)32-15-16-32)24-36(48)35-21-31-25-47(35)41(51)34(26-9-5-6-10-26)22-39(49)56-37-13-8-12-27(37)11-4-3-7-18-46-38(55-31)20-28-19-30(44)14-17-33(28)40(46)50/h14,17,19-20,26-27,29,31-32,34-35,37H,2-13,15-16,18,21-25H2,1H3,(H,45,52)/t27-,29-,31-,34+,35+,37-,43-/m1/s1. The molecule has 0 spiro atoms. The number of nitrogens with one attached hydrogen (secondary N) is 1. The SMILES string of the molecule is CC[C@@H]1C[C@]1(CC(=O)[C@@H]1C[C@@H]2CN1C(=O)[C@H](C1CCCC1)CC(=O)O[C@@H]1CCC[C@H]1CCCCCn1c(cc3cc(Cl)ccc3c1=O)O2)C(=O)NS(=O)(=O)C1CC1. The number of nitrogens with zero attached hydrogens (tertiary/aromatic N) is 2. The second-order valence-corrected chi connectivity index (χ2v) is 20.3. The third-order valence-electron chi connectivity index (χ3n) is 14.1. The Bertz CT molecular complexity index is 2080. The molecular formula is C43H56ClN3O9S. The molecule has 3 heterocycles. The van der Waals surface area contributed by atoms with Crippen molar-refractivity contribution in [3.63, 3.8) is 0 Å². The van der Waals surface area contributed by atoms with Crippen molar-refractivity contribution >= 4 is 56.0 Å². The number of aromatic nitrogens is 1. The first-order valence-electron chi connectivity index (χ1n) is 21.5. The maximum Gasteiger partial charge on any atom is 0.306 e. The number of pyridine rings is 1. The van der Waals surface area contributed by atoms with Crippen LogP contribution in [0.1, 0.15) is 122 Å². The van der Waals surface area contributed by atoms with Gasteiger partial charge in [-0.05, 0) is 106 Å². The normalized spacial score (nSPS) is 31.5. The Balaban J connectivity index is 1.14. The summed E-state index contributed by atoms with van der Waals surface area (Å²) in [5.41, 5.74) is -1.39. The van der Waals surface area contributed by atoms with Crippen molar-refractivity contribution in [3.05, 3.63) is 39.6 Å². The van der Waals surface area contributed by atoms with Crippen molar-refractivity contribution in [2.24, 2.45) is 29.1 Å². The topological polar surface area (TPSA) is 158 Å². The number of esters is 1. The van der Waals surface area contributed by atoms with Gasteiger partial charge in [-0.15, -0.1) is 0 Å². The lowest BCUT2D eigenvalue weighted by Crippen LogP contribution is -2.47. The van der Waals surface area contributed by atoms with Crippen LogP contribution >= 0.6 is 11.6 Å². The lowest BCUT2D eigenvalue weighted by atomic mass is 9.86. The smallest absolute Gasteiger partial charge is 0.306 e. The zero-order chi connectivity index (χ0) is 40.1. The number of carbonyl (C=O) groups excluding carboxylic acids is 4. The number of rotatable bonds is 8. The van der Waals surface area contributed by atoms with Crippen LogP contribution in [0.5, 0.6) is 5.88 Å². The first-order valence-corrected chi connectivity index (χ1v) is 23.4. The molecule has 2 bridgehead atoms. The summed E-state index contributed by atoms with van der Waals surface area (Å²) < 4.78 is 42.5. The second kappa shape index (κ2) is 16.3. The average Bonchev–Trinajstić information content (AvgIpc) is 3.96. The number of fused-ring (bicyclic) bond motifs is 5. The van der Waals surface area contributed by atoms with Gasteiger partial charge in [-0.2, -0.15) is 0 Å². The number of carbonyl (C=O) groups is 4. The highest BCUT2D eigenvalue weighted by molar-refractivity contribution is 7.90. The van der Waals surface area contributed by atoms with Gasteiger partial charge in [-0.3, -0.25) is 33.3 Å². The van der Waals surface area contributed by atoms with E-state index in [-0.39, 0.29) is 72.9 Å². The highest BCUT2D eigenvalue weighted by atomic mass is 35.5. The maximum absolute atomic E-state index is 15.0. The first kappa shape index (κ1) is 40.3. The lowest BCUT2D eigenvalue weighted by molar-refractivity contribution is -0.156. The van der Waals surface area contributed by atoms with Crippen LogP contribution < -0.4 is 15.0 Å². The molecule has 4 saturated carbocycles. The van der Waals surface area contributed by atoms with E-state index in [1.165, 1.54) is 0 Å². The van der Waals surface area contributed by atoms with Gasteiger partial charge >= 0.3 is 5.97 Å². The summed E-state index contributed by atoms with van der Waals surface area (Å²) >= 11 is 6.36. The molecule has 0 radical (unpaired) electrons. The van der Waals surface area contributed by atoms with E-state index < -0.39 is 44.7 Å². The van der Waals surface area contributed by atoms with Gasteiger partial charge in [-0.25, -0.2) is 8.42 Å². The number of halogens is 1. The van der Waals surface area contributed by atoms with Gasteiger partial charge in [0.2, 0.25) is 21.8 Å². The summed E-state index contributed by atoms with van der Waals surface area (Å²) in [5, 5.41) is 1.03. The third-order valence-corrected chi connectivity index (χ3v) is 16.2. The predicted molar refractivity (Wildman–Crippen MR) is 214 cm³/mol. The van der Waals surface area contributed by atoms with Crippen LogP contribution in [-0.4, -0.2) is 71.5 Å². The minimum absolute atomic E-state index is 0.0428. The average molecular weight is 826 g/mol. The summed E-state index contributed by atoms with van der Waals surface area (Å²) in [5.74, 6) is -1.96. The quantitative estimate of drug-likeness (QED) is 0.295. The Labute approximate surface area is 339 Å². The van der Waals surface area contributed by atoms with E-state index in [2.05, 4.69) is 4.72 Å². The number of benzene rings is 1. The highest BCUT2D eigenvalue weighted by Gasteiger charge is 2.62. The molecule has 6 aliphatic rings. The van der Waals surface area contributed by atoms with Crippen molar-refractivity contribution in [1.29, 1.82) is 0 Å². The lowest BCUT2D eigenvalue weighted by Gasteiger charge is -2.31. The maximum atomic E-state index is 15.0. The minimum atomic E-state index is -3.83. The molecule has 12 nitrogen and oxygen atoms in total. The van der Waals surface area contributed by atoms with E-state index in [1.54, 1.807) is 33.7 Å². The van der Waals surface area contributed by atoms with Crippen LogP contribution in [0.15, 0.2) is 29.1 Å². The monoisotopic (exact) mass is 825 g/mol. The van der Waals surface area contributed by atoms with Crippen LogP contribution in [0, 0.1) is 29.1 Å². The third kappa shape index (κ3) is 8.38. The molecule has 1 aromatic heterocycles. The molecule has 2 amide bonds. The molecule has 2 aliphatic heterocycles. The molecule has 14 heteroatoms. The van der Waals surface area contributed by atoms with Gasteiger partial charge < -0.3 is 14.4 Å². The van der Waals surface area contributed by atoms with E-state index in [9.17, 15) is 32.4 Å². The van der Waals surface area contributed by atoms with Crippen LogP contribution in [-0.2, 0) is 40.5 Å². The number of ether oxygens (including phenoxy) is 2. The number of amides is 2. The second-order valence-electron chi connectivity index (χ2n) is 17.9. The van der Waals surface area contributed by atoms with Gasteiger partial charge in [0.15, 0.2) is 11.7 Å². The Morgan fingerprint density at radius 2 is 1.65 bits per heavy atom. The predicted octanol–water partition coefficient (Wildman–Crippen LogP) is 6.47. The van der Waals surface area contributed by atoms with Gasteiger partial charge in [0.1, 0.15) is 12.2 Å². The van der Waals surface area contributed by atoms with Crippen molar-refractivity contribution in [2.45, 2.75) is 153 Å². The van der Waals surface area contributed by atoms with E-state index in [4.69, 9.17) is 21.1 Å². The van der Waals surface area contributed by atoms with Crippen LogP contribution in [0.4, 0.5) is 0 Å². The van der Waals surface area contributed by atoms with Crippen LogP contribution in [0.3, 0.4) is 0 Å². The van der Waals surface area contributed by atoms with Crippen LogP contribution in [0.25, 0.3) is 10.8 Å². The summed E-state index contributed by atoms with van der Waals surface area (Å²) in [7, 11) is -3.83. The van der Waals surface area contributed by atoms with E-state index >= 15 is 0 Å². The molecule has 8 rings (SSSR count). The Morgan fingerprint density at radius 1 is 0.912 bits per heavy atom. The number of sulfonamides is 1. The molecular weight excluding hydrogens is 770 g/mol. The summed E-state index contributed by atoms with van der Waals surface area (Å²) in [6, 6.07) is 5.97. The molecule has 5 fully saturated rings. The van der Waals surface area contributed by atoms with Crippen molar-refractivity contribution in [1.82, 2.24) is 14.2 Å². The van der Waals surface area contributed by atoms with Crippen molar-refractivity contribution in [2.75, 3.05) is 6.54 Å². The molecule has 4 aliphatic carbocycles. The summed E-state index contributed by atoms with van der Waals surface area (Å²) in [4.78, 5) is 72.7. The first-order chi connectivity index (χ1) is 27.4. The molecule has 7 atom stereocenters. The fourth-order valence-electron chi connectivity index (χ4n) is 10.6. The zero-order valence-corrected chi connectivity index (χ0v) is 34.5. The summed E-state index contributed by atoms with van der Waals surface area (Å²) in [6.07, 6.45) is 10.7. The summed E-state index contributed by atoms with van der Waals surface area (Å²) in [6.45, 7) is 2.38. The molecule has 1 N–H and O–H groups in total. The molecule has 2 aromatic rings. The molecule has 1 aromatic carbocycles. The zero-order valence-electron chi connectivity index (χ0n) is 32.9. The van der Waals surface area contributed by atoms with Crippen molar-refractivity contribution in [3.8, 4) is 5.88 Å². The fourth-order valence-corrected chi connectivity index (χ4v) is 12.2. The highest BCUT2D eigenvalue weighted by Crippen LogP contribution is 2.58. The van der Waals surface area contributed by atoms with E-state index in [0.717, 1.165) is 70.6 Å². The van der Waals surface area contributed by atoms with E-state index in [0.29, 0.717) is 53.9 Å². The largest absolute Gasteiger partial charge is 0.473 e. The molecule has 310 valence electrons. The van der Waals surface area contributed by atoms with Gasteiger partial charge in [0.25, 0.3) is 5.56 Å². The molecule has 57 heavy (non-hydrogen) atoms. The number of Topliss-reactive ketones (excluding diaryl/α,β-unsaturated/α-hetero) is 1. The Morgan fingerprint density at radius 3 is 2.39 bits per heavy atom. The van der Waals surface area contributed by atoms with Crippen LogP contribution in [0.2, 0.25) is 5.02 Å². The van der Waals surface area contributed by atoms with Gasteiger partial charge in [-0.1, -0.05) is 50.6 Å². The Kier molecular flexibility index (Phi) is 11.5. The van der Waals surface area contributed by atoms with Crippen molar-refractivity contribution < 1.29 is 37.1 Å². The number of ketones is 1. The van der Waals surface area contributed by atoms with Gasteiger partial charge in [0, 0.05) is 35.9 Å². The minimum Gasteiger partial charge on any atom is -0.473 e. The number of hydrogen-bond acceptors (Lipinski definition) is 9. The Hall–Kier alpha value is -3.45. The number of hydrogen-bond donors (Lipinski definition) is 1. The molecule has 1 saturated heterocycles. The fraction of sp³-hybridized carbons (Fsp3) is 0.698. The molecule has 0 unspecified atom stereocenters. The van der Waals surface area contributed by atoms with E-state index in [1.807, 2.05) is 6.92 Å².